The molecule has 8 rings (SSSR count). The normalized spacial score (nSPS) is 11.3. The summed E-state index contributed by atoms with van der Waals surface area (Å²) in [5.41, 5.74) is 7.40. The van der Waals surface area contributed by atoms with E-state index in [2.05, 4.69) is 0 Å². The van der Waals surface area contributed by atoms with Crippen LogP contribution in [0, 0.1) is 27.7 Å². The summed E-state index contributed by atoms with van der Waals surface area (Å²) in [4.78, 5) is 0. The molecule has 0 atom stereocenters. The van der Waals surface area contributed by atoms with E-state index in [1.165, 1.54) is 0 Å². The predicted molar refractivity (Wildman–Crippen MR) is 209 cm³/mol. The highest BCUT2D eigenvalue weighted by Crippen LogP contribution is 2.55. The number of benzene rings is 6. The van der Waals surface area contributed by atoms with Crippen LogP contribution >= 0.6 is 16.5 Å². The fourth-order valence-electron chi connectivity index (χ4n) is 6.78. The van der Waals surface area contributed by atoms with Crippen molar-refractivity contribution in [2.75, 3.05) is 14.2 Å². The van der Waals surface area contributed by atoms with Crippen LogP contribution in [0.1, 0.15) is 22.3 Å². The summed E-state index contributed by atoms with van der Waals surface area (Å²) in [5.74, 6) is 2.19. The highest BCUT2D eigenvalue weighted by atomic mass is 31.1. The van der Waals surface area contributed by atoms with Crippen LogP contribution in [0.5, 0.6) is 23.0 Å². The maximum atomic E-state index is 6.87. The lowest BCUT2D eigenvalue weighted by Gasteiger charge is -2.23. The van der Waals surface area contributed by atoms with Gasteiger partial charge in [0, 0.05) is 21.5 Å². The Morgan fingerprint density at radius 1 is 0.385 bits per heavy atom. The minimum atomic E-state index is -2.00. The Balaban J connectivity index is 1.40. The first kappa shape index (κ1) is 33.5. The number of para-hydroxylation sites is 4. The molecule has 6 aromatic carbocycles. The lowest BCUT2D eigenvalue weighted by molar-refractivity contribution is 0.402. The number of hydrogen-bond donors (Lipinski definition) is 0. The Hall–Kier alpha value is -5.68. The van der Waals surface area contributed by atoms with Gasteiger partial charge in [-0.05, 0) is 86.3 Å². The van der Waals surface area contributed by atoms with E-state index in [-0.39, 0.29) is 0 Å². The van der Waals surface area contributed by atoms with Gasteiger partial charge in [-0.2, -0.15) is 0 Å². The Morgan fingerprint density at radius 3 is 0.942 bits per heavy atom. The number of hydrogen-bond acceptors (Lipinski definition) is 8. The maximum absolute atomic E-state index is 6.87. The summed E-state index contributed by atoms with van der Waals surface area (Å²) in [6.07, 6.45) is 0. The van der Waals surface area contributed by atoms with Crippen LogP contribution < -0.4 is 18.5 Å². The van der Waals surface area contributed by atoms with Crippen molar-refractivity contribution in [2.45, 2.75) is 27.7 Å². The van der Waals surface area contributed by atoms with Crippen LogP contribution in [0.25, 0.3) is 55.0 Å². The average Bonchev–Trinajstić information content (AvgIpc) is 3.41. The molecule has 262 valence electrons. The summed E-state index contributed by atoms with van der Waals surface area (Å²) in [6, 6.07) is 35.5. The Bertz CT molecular complexity index is 2430. The number of methoxy groups -OCH3 is 2. The van der Waals surface area contributed by atoms with Gasteiger partial charge in [0.1, 0.15) is 33.8 Å². The molecule has 0 saturated carbocycles. The molecule has 52 heavy (non-hydrogen) atoms. The van der Waals surface area contributed by atoms with Crippen molar-refractivity contribution in [1.29, 1.82) is 0 Å². The molecular formula is C42H36O8P2. The molecule has 0 aliphatic carbocycles. The third-order valence-electron chi connectivity index (χ3n) is 9.02. The Morgan fingerprint density at radius 2 is 0.654 bits per heavy atom. The van der Waals surface area contributed by atoms with Crippen LogP contribution in [0.2, 0.25) is 0 Å². The van der Waals surface area contributed by atoms with Crippen molar-refractivity contribution >= 4 is 60.4 Å². The molecule has 8 nitrogen and oxygen atoms in total. The topological polar surface area (TPSA) is 89.5 Å². The second kappa shape index (κ2) is 13.8. The molecule has 0 amide bonds. The highest BCUT2D eigenvalue weighted by molar-refractivity contribution is 7.32. The minimum Gasteiger partial charge on any atom is -0.496 e. The van der Waals surface area contributed by atoms with Gasteiger partial charge in [-0.3, -0.25) is 0 Å². The lowest BCUT2D eigenvalue weighted by atomic mass is 9.93. The Kier molecular flexibility index (Phi) is 8.88. The number of fused-ring (bicyclic) bond motifs is 6. The van der Waals surface area contributed by atoms with Gasteiger partial charge in [0.15, 0.2) is 11.5 Å². The van der Waals surface area contributed by atoms with Crippen LogP contribution in [0.3, 0.4) is 0 Å². The highest BCUT2D eigenvalue weighted by Gasteiger charge is 2.30. The largest absolute Gasteiger partial charge is 0.496 e. The van der Waals surface area contributed by atoms with Crippen LogP contribution in [-0.4, -0.2) is 14.2 Å². The van der Waals surface area contributed by atoms with Crippen molar-refractivity contribution in [3.8, 4) is 34.1 Å². The van der Waals surface area contributed by atoms with Crippen molar-refractivity contribution in [3.05, 3.63) is 131 Å². The van der Waals surface area contributed by atoms with Gasteiger partial charge in [-0.1, -0.05) is 72.8 Å². The summed E-state index contributed by atoms with van der Waals surface area (Å²) < 4.78 is 52.1. The first-order chi connectivity index (χ1) is 25.3. The van der Waals surface area contributed by atoms with Gasteiger partial charge in [0.05, 0.1) is 25.3 Å². The van der Waals surface area contributed by atoms with Crippen LogP contribution in [0.4, 0.5) is 0 Å². The minimum absolute atomic E-state index is 0.504. The van der Waals surface area contributed by atoms with E-state index in [4.69, 9.17) is 35.3 Å². The monoisotopic (exact) mass is 730 g/mol. The third-order valence-corrected chi connectivity index (χ3v) is 11.1. The summed E-state index contributed by atoms with van der Waals surface area (Å²) in [6.45, 7) is 7.98. The van der Waals surface area contributed by atoms with E-state index in [1.807, 2.05) is 137 Å². The maximum Gasteiger partial charge on any atom is 0.453 e. The summed E-state index contributed by atoms with van der Waals surface area (Å²) in [7, 11) is -0.703. The molecule has 0 fully saturated rings. The number of rotatable bonds is 7. The predicted octanol–water partition coefficient (Wildman–Crippen LogP) is 13.5. The molecule has 0 radical (unpaired) electrons. The SMILES string of the molecule is COc1c(C)cc(C)c(Op2oc3ccccc3c3ccccc3o2)c1-c1c(OC)c(C)cc(C)c1Op1oc2ccccc2c2ccccc2o1. The van der Waals surface area contributed by atoms with Gasteiger partial charge in [0.25, 0.3) is 0 Å². The zero-order valence-corrected chi connectivity index (χ0v) is 31.3. The molecule has 8 aromatic rings. The van der Waals surface area contributed by atoms with Gasteiger partial charge in [-0.15, -0.1) is 0 Å². The van der Waals surface area contributed by atoms with E-state index >= 15 is 0 Å². The smallest absolute Gasteiger partial charge is 0.453 e. The quantitative estimate of drug-likeness (QED) is 0.160. The summed E-state index contributed by atoms with van der Waals surface area (Å²) >= 11 is 0. The molecule has 0 aliphatic heterocycles. The van der Waals surface area contributed by atoms with E-state index < -0.39 is 16.5 Å². The molecule has 2 aromatic heterocycles. The van der Waals surface area contributed by atoms with Crippen LogP contribution in [-0.2, 0) is 0 Å². The van der Waals surface area contributed by atoms with Crippen molar-refractivity contribution in [1.82, 2.24) is 0 Å². The van der Waals surface area contributed by atoms with Gasteiger partial charge in [-0.25, -0.2) is 0 Å². The molecular weight excluding hydrogens is 694 g/mol. The molecule has 0 aliphatic rings. The van der Waals surface area contributed by atoms with E-state index in [1.54, 1.807) is 14.2 Å². The lowest BCUT2D eigenvalue weighted by Crippen LogP contribution is -2.02. The van der Waals surface area contributed by atoms with Gasteiger partial charge >= 0.3 is 16.5 Å². The number of aryl methyl sites for hydroxylation is 4. The second-order valence-corrected chi connectivity index (χ2v) is 14.5. The van der Waals surface area contributed by atoms with E-state index in [9.17, 15) is 0 Å². The van der Waals surface area contributed by atoms with Crippen molar-refractivity contribution < 1.29 is 35.3 Å². The van der Waals surface area contributed by atoms with Gasteiger partial charge in [0.2, 0.25) is 0 Å². The Labute approximate surface area is 302 Å². The molecule has 10 heteroatoms. The van der Waals surface area contributed by atoms with Crippen molar-refractivity contribution in [2.24, 2.45) is 0 Å². The van der Waals surface area contributed by atoms with Gasteiger partial charge < -0.3 is 35.3 Å². The zero-order chi connectivity index (χ0) is 35.9. The third kappa shape index (κ3) is 5.94. The molecule has 0 bridgehead atoms. The fourth-order valence-corrected chi connectivity index (χ4v) is 9.05. The number of ether oxygens (including phenoxy) is 2. The second-order valence-electron chi connectivity index (χ2n) is 12.5. The average molecular weight is 731 g/mol. The zero-order valence-electron chi connectivity index (χ0n) is 29.6. The molecule has 2 heterocycles. The fraction of sp³-hybridized carbons (Fsp3) is 0.143. The molecule has 0 unspecified atom stereocenters. The first-order valence-corrected chi connectivity index (χ1v) is 18.9. The van der Waals surface area contributed by atoms with E-state index in [0.29, 0.717) is 56.5 Å². The molecule has 0 spiro atoms. The molecule has 0 N–H and O–H groups in total. The van der Waals surface area contributed by atoms with E-state index in [0.717, 1.165) is 43.8 Å². The van der Waals surface area contributed by atoms with Crippen LogP contribution in [0.15, 0.2) is 126 Å². The summed E-state index contributed by atoms with van der Waals surface area (Å²) in [5, 5.41) is 3.69. The van der Waals surface area contributed by atoms with Crippen molar-refractivity contribution in [3.63, 3.8) is 0 Å². The standard InChI is InChI=1S/C42H36O8P2/c1-25-23-27(3)41(49-51-45-33-19-11-7-15-29(33)30-16-8-12-20-34(30)46-51)37(39(25)43-5)38-40(44-6)26(2)24-28(4)42(38)50-52-47-35-21-13-9-17-31(35)32-18-10-14-22-36(32)48-52/h7-24H,1-6H3. The first-order valence-electron chi connectivity index (χ1n) is 16.8. The molecule has 0 saturated heterocycles.